The van der Waals surface area contributed by atoms with Gasteiger partial charge in [0.05, 0.1) is 17.2 Å². The molecule has 0 aliphatic rings. The number of hydrogen-bond donors (Lipinski definition) is 0. The molecular formula is C9H7Cl2O. The van der Waals surface area contributed by atoms with E-state index >= 15 is 0 Å². The molecule has 0 amide bonds. The standard InChI is InChI=1S/C9H7Cl2O/c1-3-6-4-7(10)9(12-2)8(11)5-6/h4-5H,1H2,2H3. The number of benzene rings is 1. The molecule has 12 heavy (non-hydrogen) atoms. The van der Waals surface area contributed by atoms with Gasteiger partial charge in [-0.15, -0.1) is 0 Å². The van der Waals surface area contributed by atoms with Crippen molar-refractivity contribution in [2.45, 2.75) is 0 Å². The predicted molar refractivity (Wildman–Crippen MR) is 51.0 cm³/mol. The smallest absolute Gasteiger partial charge is 0.156 e. The summed E-state index contributed by atoms with van der Waals surface area (Å²) < 4.78 is 4.96. The maximum absolute atomic E-state index is 5.84. The van der Waals surface area contributed by atoms with Crippen LogP contribution in [-0.4, -0.2) is 7.11 Å². The van der Waals surface area contributed by atoms with Gasteiger partial charge in [0.25, 0.3) is 0 Å². The van der Waals surface area contributed by atoms with E-state index < -0.39 is 0 Å². The van der Waals surface area contributed by atoms with E-state index in [1.54, 1.807) is 12.1 Å². The molecule has 1 aromatic carbocycles. The van der Waals surface area contributed by atoms with E-state index in [1.165, 1.54) is 7.11 Å². The van der Waals surface area contributed by atoms with Crippen LogP contribution in [0, 0.1) is 6.08 Å². The molecule has 0 aromatic heterocycles. The fourth-order valence-corrected chi connectivity index (χ4v) is 1.50. The summed E-state index contributed by atoms with van der Waals surface area (Å²) in [5.74, 6) is 0.484. The Kier molecular flexibility index (Phi) is 3.01. The minimum Gasteiger partial charge on any atom is -0.494 e. The lowest BCUT2D eigenvalue weighted by Crippen LogP contribution is -1.86. The van der Waals surface area contributed by atoms with Gasteiger partial charge in [-0.05, 0) is 23.8 Å². The molecule has 0 aliphatic carbocycles. The molecule has 3 heteroatoms. The third-order valence-corrected chi connectivity index (χ3v) is 1.97. The van der Waals surface area contributed by atoms with Crippen molar-refractivity contribution in [2.24, 2.45) is 0 Å². The molecule has 1 rings (SSSR count). The van der Waals surface area contributed by atoms with Gasteiger partial charge in [-0.25, -0.2) is 0 Å². The SMILES string of the molecule is C=[C]c1cc(Cl)c(OC)c(Cl)c1. The first kappa shape index (κ1) is 9.43. The molecule has 1 radical (unpaired) electrons. The van der Waals surface area contributed by atoms with Gasteiger partial charge in [-0.2, -0.15) is 0 Å². The molecule has 0 heterocycles. The monoisotopic (exact) mass is 201 g/mol. The van der Waals surface area contributed by atoms with E-state index in [2.05, 4.69) is 12.7 Å². The number of ether oxygens (including phenoxy) is 1. The number of methoxy groups -OCH3 is 1. The molecule has 0 fully saturated rings. The van der Waals surface area contributed by atoms with Crippen LogP contribution in [0.15, 0.2) is 18.7 Å². The van der Waals surface area contributed by atoms with Gasteiger partial charge in [0.2, 0.25) is 0 Å². The third kappa shape index (κ3) is 1.74. The van der Waals surface area contributed by atoms with Gasteiger partial charge < -0.3 is 4.74 Å². The Morgan fingerprint density at radius 3 is 2.17 bits per heavy atom. The van der Waals surface area contributed by atoms with E-state index in [4.69, 9.17) is 27.9 Å². The van der Waals surface area contributed by atoms with Crippen molar-refractivity contribution >= 4 is 23.2 Å². The predicted octanol–water partition coefficient (Wildman–Crippen LogP) is 3.34. The van der Waals surface area contributed by atoms with Crippen molar-refractivity contribution < 1.29 is 4.74 Å². The Balaban J connectivity index is 3.27. The average molecular weight is 202 g/mol. The van der Waals surface area contributed by atoms with Gasteiger partial charge in [-0.1, -0.05) is 29.8 Å². The second kappa shape index (κ2) is 3.83. The van der Waals surface area contributed by atoms with Crippen molar-refractivity contribution in [1.29, 1.82) is 0 Å². The van der Waals surface area contributed by atoms with Gasteiger partial charge in [0.1, 0.15) is 0 Å². The third-order valence-electron chi connectivity index (χ3n) is 1.41. The number of halogens is 2. The van der Waals surface area contributed by atoms with Crippen LogP contribution in [0.2, 0.25) is 10.0 Å². The highest BCUT2D eigenvalue weighted by atomic mass is 35.5. The van der Waals surface area contributed by atoms with E-state index in [0.717, 1.165) is 5.56 Å². The largest absolute Gasteiger partial charge is 0.494 e. The Bertz CT molecular complexity index is 284. The first-order valence-electron chi connectivity index (χ1n) is 3.25. The summed E-state index contributed by atoms with van der Waals surface area (Å²) in [6.45, 7) is 3.49. The summed E-state index contributed by atoms with van der Waals surface area (Å²) in [5.41, 5.74) is 0.755. The second-order valence-corrected chi connectivity index (χ2v) is 2.96. The molecule has 0 aliphatic heterocycles. The zero-order chi connectivity index (χ0) is 9.14. The summed E-state index contributed by atoms with van der Waals surface area (Å²) >= 11 is 11.7. The molecule has 1 aromatic rings. The lowest BCUT2D eigenvalue weighted by atomic mass is 10.2. The van der Waals surface area contributed by atoms with E-state index in [0.29, 0.717) is 15.8 Å². The lowest BCUT2D eigenvalue weighted by molar-refractivity contribution is 0.415. The van der Waals surface area contributed by atoms with Gasteiger partial charge in [0, 0.05) is 0 Å². The average Bonchev–Trinajstić information content (AvgIpc) is 2.03. The quantitative estimate of drug-likeness (QED) is 0.714. The van der Waals surface area contributed by atoms with Gasteiger partial charge in [0.15, 0.2) is 5.75 Å². The van der Waals surface area contributed by atoms with Crippen molar-refractivity contribution in [3.05, 3.63) is 40.4 Å². The molecule has 0 bridgehead atoms. The molecule has 0 atom stereocenters. The Labute approximate surface area is 81.6 Å². The maximum Gasteiger partial charge on any atom is 0.156 e. The molecule has 0 spiro atoms. The minimum atomic E-state index is 0.469. The van der Waals surface area contributed by atoms with Crippen LogP contribution in [0.5, 0.6) is 5.75 Å². The zero-order valence-corrected chi connectivity index (χ0v) is 8.04. The highest BCUT2D eigenvalue weighted by molar-refractivity contribution is 6.37. The van der Waals surface area contributed by atoms with Crippen molar-refractivity contribution in [3.8, 4) is 5.75 Å². The van der Waals surface area contributed by atoms with E-state index in [1.807, 2.05) is 0 Å². The van der Waals surface area contributed by atoms with Crippen molar-refractivity contribution in [3.63, 3.8) is 0 Å². The minimum absolute atomic E-state index is 0.469. The van der Waals surface area contributed by atoms with Crippen LogP contribution in [0.3, 0.4) is 0 Å². The van der Waals surface area contributed by atoms with Crippen LogP contribution in [0.1, 0.15) is 5.56 Å². The number of rotatable bonds is 2. The Morgan fingerprint density at radius 1 is 1.33 bits per heavy atom. The van der Waals surface area contributed by atoms with Crippen LogP contribution < -0.4 is 4.74 Å². The summed E-state index contributed by atoms with van der Waals surface area (Å²) in [4.78, 5) is 0. The van der Waals surface area contributed by atoms with Crippen molar-refractivity contribution in [1.82, 2.24) is 0 Å². The first-order valence-corrected chi connectivity index (χ1v) is 4.00. The van der Waals surface area contributed by atoms with Crippen LogP contribution >= 0.6 is 23.2 Å². The van der Waals surface area contributed by atoms with Gasteiger partial charge in [-0.3, -0.25) is 0 Å². The summed E-state index contributed by atoms with van der Waals surface area (Å²) in [6.07, 6.45) is 2.69. The molecule has 0 saturated heterocycles. The Hall–Kier alpha value is -0.660. The normalized spacial score (nSPS) is 9.58. The lowest BCUT2D eigenvalue weighted by Gasteiger charge is -2.05. The molecule has 0 saturated carbocycles. The summed E-state index contributed by atoms with van der Waals surface area (Å²) in [6, 6.07) is 3.39. The highest BCUT2D eigenvalue weighted by Gasteiger charge is 2.06. The fourth-order valence-electron chi connectivity index (χ4n) is 0.857. The summed E-state index contributed by atoms with van der Waals surface area (Å²) in [5, 5.41) is 0.937. The molecule has 63 valence electrons. The second-order valence-electron chi connectivity index (χ2n) is 2.15. The van der Waals surface area contributed by atoms with E-state index in [-0.39, 0.29) is 0 Å². The van der Waals surface area contributed by atoms with E-state index in [9.17, 15) is 0 Å². The zero-order valence-electron chi connectivity index (χ0n) is 6.53. The topological polar surface area (TPSA) is 9.23 Å². The molecule has 0 N–H and O–H groups in total. The maximum atomic E-state index is 5.84. The van der Waals surface area contributed by atoms with Gasteiger partial charge >= 0.3 is 0 Å². The summed E-state index contributed by atoms with van der Waals surface area (Å²) in [7, 11) is 1.52. The molecule has 1 nitrogen and oxygen atoms in total. The van der Waals surface area contributed by atoms with Crippen molar-refractivity contribution in [2.75, 3.05) is 7.11 Å². The Morgan fingerprint density at radius 2 is 1.83 bits per heavy atom. The molecule has 0 unspecified atom stereocenters. The fraction of sp³-hybridized carbons (Fsp3) is 0.111. The molecular weight excluding hydrogens is 195 g/mol. The van der Waals surface area contributed by atoms with Crippen LogP contribution in [-0.2, 0) is 0 Å². The van der Waals surface area contributed by atoms with Crippen LogP contribution in [0.4, 0.5) is 0 Å². The van der Waals surface area contributed by atoms with Crippen LogP contribution in [0.25, 0.3) is 0 Å². The highest BCUT2D eigenvalue weighted by Crippen LogP contribution is 2.33. The first-order chi connectivity index (χ1) is 5.69. The number of hydrogen-bond acceptors (Lipinski definition) is 1.